The third kappa shape index (κ3) is 2.32. The summed E-state index contributed by atoms with van der Waals surface area (Å²) in [5.41, 5.74) is 6.96. The summed E-state index contributed by atoms with van der Waals surface area (Å²) in [7, 11) is -3.62. The Kier molecular flexibility index (Phi) is 2.83. The zero-order chi connectivity index (χ0) is 10.2. The van der Waals surface area contributed by atoms with Crippen LogP contribution in [0.2, 0.25) is 0 Å². The van der Waals surface area contributed by atoms with Crippen molar-refractivity contribution in [2.24, 2.45) is 5.14 Å². The van der Waals surface area contributed by atoms with Crippen LogP contribution in [0.3, 0.4) is 0 Å². The van der Waals surface area contributed by atoms with Gasteiger partial charge in [-0.15, -0.1) is 0 Å². The summed E-state index contributed by atoms with van der Waals surface area (Å²) >= 11 is 1.97. The summed E-state index contributed by atoms with van der Waals surface area (Å²) in [6.07, 6.45) is 0. The summed E-state index contributed by atoms with van der Waals surface area (Å²) in [5, 5.41) is 4.97. The fraction of sp³-hybridized carbons (Fsp3) is 0.143. The van der Waals surface area contributed by atoms with E-state index in [1.54, 1.807) is 6.92 Å². The molecule has 72 valence electrons. The van der Waals surface area contributed by atoms with Crippen LogP contribution < -0.4 is 10.9 Å². The van der Waals surface area contributed by atoms with Crippen LogP contribution in [0.1, 0.15) is 5.56 Å². The van der Waals surface area contributed by atoms with Crippen LogP contribution in [0.25, 0.3) is 0 Å². The van der Waals surface area contributed by atoms with Crippen molar-refractivity contribution >= 4 is 38.3 Å². The van der Waals surface area contributed by atoms with Crippen LogP contribution in [0.4, 0.5) is 5.69 Å². The monoisotopic (exact) mass is 312 g/mol. The summed E-state index contributed by atoms with van der Waals surface area (Å²) in [6.45, 7) is 1.74. The molecule has 0 aliphatic heterocycles. The highest BCUT2D eigenvalue weighted by atomic mass is 127. The number of nitrogens with two attached hydrogens (primary N) is 2. The highest BCUT2D eigenvalue weighted by molar-refractivity contribution is 14.1. The second-order valence-corrected chi connectivity index (χ2v) is 5.40. The van der Waals surface area contributed by atoms with Gasteiger partial charge >= 0.3 is 0 Å². The molecule has 6 heteroatoms. The third-order valence-electron chi connectivity index (χ3n) is 1.64. The molecule has 0 saturated carbocycles. The fourth-order valence-corrected chi connectivity index (χ4v) is 2.48. The van der Waals surface area contributed by atoms with Gasteiger partial charge in [-0.3, -0.25) is 0 Å². The molecule has 0 aliphatic rings. The van der Waals surface area contributed by atoms with E-state index in [0.717, 1.165) is 5.56 Å². The van der Waals surface area contributed by atoms with Crippen LogP contribution in [0, 0.1) is 10.5 Å². The first-order valence-corrected chi connectivity index (χ1v) is 6.03. The minimum atomic E-state index is -3.62. The molecule has 13 heavy (non-hydrogen) atoms. The number of primary sulfonamides is 1. The van der Waals surface area contributed by atoms with E-state index < -0.39 is 10.0 Å². The van der Waals surface area contributed by atoms with Gasteiger partial charge in [-0.05, 0) is 47.2 Å². The zero-order valence-corrected chi connectivity index (χ0v) is 9.89. The van der Waals surface area contributed by atoms with Crippen LogP contribution in [0.15, 0.2) is 17.0 Å². The molecule has 4 N–H and O–H groups in total. The van der Waals surface area contributed by atoms with Crippen molar-refractivity contribution in [3.05, 3.63) is 21.3 Å². The number of aryl methyl sites for hydroxylation is 1. The molecule has 4 nitrogen and oxygen atoms in total. The lowest BCUT2D eigenvalue weighted by atomic mass is 10.2. The van der Waals surface area contributed by atoms with Gasteiger partial charge in [-0.2, -0.15) is 0 Å². The normalized spacial score (nSPS) is 11.6. The molecule has 0 heterocycles. The first kappa shape index (κ1) is 10.7. The Morgan fingerprint density at radius 2 is 1.92 bits per heavy atom. The first-order chi connectivity index (χ1) is 5.82. The average Bonchev–Trinajstić information content (AvgIpc) is 1.97. The Morgan fingerprint density at radius 1 is 1.38 bits per heavy atom. The van der Waals surface area contributed by atoms with Gasteiger partial charge in [0.2, 0.25) is 10.0 Å². The lowest BCUT2D eigenvalue weighted by molar-refractivity contribution is 0.597. The van der Waals surface area contributed by atoms with E-state index >= 15 is 0 Å². The molecular weight excluding hydrogens is 303 g/mol. The van der Waals surface area contributed by atoms with Gasteiger partial charge in [0.05, 0.1) is 4.90 Å². The van der Waals surface area contributed by atoms with Gasteiger partial charge in [0.25, 0.3) is 0 Å². The van der Waals surface area contributed by atoms with Crippen molar-refractivity contribution in [1.82, 2.24) is 0 Å². The number of halogens is 1. The predicted molar refractivity (Wildman–Crippen MR) is 59.7 cm³/mol. The Labute approximate surface area is 90.5 Å². The standard InChI is InChI=1S/C7H9IN2O2S/c1-4-2-5(13(10,11)12)3-6(8)7(4)9/h2-3H,9H2,1H3,(H2,10,11,12). The minimum absolute atomic E-state index is 0.101. The second kappa shape index (κ2) is 3.43. The molecule has 0 spiro atoms. The summed E-state index contributed by atoms with van der Waals surface area (Å²) < 4.78 is 22.7. The smallest absolute Gasteiger partial charge is 0.238 e. The summed E-state index contributed by atoms with van der Waals surface area (Å²) in [5.74, 6) is 0. The van der Waals surface area contributed by atoms with E-state index in [9.17, 15) is 8.42 Å². The van der Waals surface area contributed by atoms with Crippen molar-refractivity contribution < 1.29 is 8.42 Å². The quantitative estimate of drug-likeness (QED) is 0.595. The summed E-state index contributed by atoms with van der Waals surface area (Å²) in [4.78, 5) is 0.101. The SMILES string of the molecule is Cc1cc(S(N)(=O)=O)cc(I)c1N. The number of anilines is 1. The fourth-order valence-electron chi connectivity index (χ4n) is 0.888. The van der Waals surface area contributed by atoms with Crippen molar-refractivity contribution in [1.29, 1.82) is 0 Å². The highest BCUT2D eigenvalue weighted by Gasteiger charge is 2.11. The maximum Gasteiger partial charge on any atom is 0.238 e. The Hall–Kier alpha value is -0.340. The van der Waals surface area contributed by atoms with Gasteiger partial charge in [0, 0.05) is 9.26 Å². The van der Waals surface area contributed by atoms with Crippen LogP contribution in [-0.4, -0.2) is 8.42 Å². The predicted octanol–water partition coefficient (Wildman–Crippen LogP) is 0.829. The molecule has 0 radical (unpaired) electrons. The molecule has 0 amide bonds. The Balaban J connectivity index is 3.47. The van der Waals surface area contributed by atoms with Crippen LogP contribution in [0.5, 0.6) is 0 Å². The Bertz CT molecular complexity index is 419. The molecule has 1 aromatic carbocycles. The molecule has 0 saturated heterocycles. The second-order valence-electron chi connectivity index (χ2n) is 2.68. The van der Waals surface area contributed by atoms with E-state index in [1.807, 2.05) is 22.6 Å². The summed E-state index contributed by atoms with van der Waals surface area (Å²) in [6, 6.07) is 2.92. The largest absolute Gasteiger partial charge is 0.398 e. The number of hydrogen-bond donors (Lipinski definition) is 2. The van der Waals surface area contributed by atoms with Crippen molar-refractivity contribution in [3.8, 4) is 0 Å². The van der Waals surface area contributed by atoms with Gasteiger partial charge in [-0.25, -0.2) is 13.6 Å². The van der Waals surface area contributed by atoms with Gasteiger partial charge in [0.1, 0.15) is 0 Å². The topological polar surface area (TPSA) is 86.2 Å². The Morgan fingerprint density at radius 3 is 2.31 bits per heavy atom. The third-order valence-corrected chi connectivity index (χ3v) is 3.42. The molecule has 0 fully saturated rings. The zero-order valence-electron chi connectivity index (χ0n) is 6.91. The molecule has 0 unspecified atom stereocenters. The number of sulfonamides is 1. The lowest BCUT2D eigenvalue weighted by Crippen LogP contribution is -2.13. The average molecular weight is 312 g/mol. The number of nitrogen functional groups attached to an aromatic ring is 1. The van der Waals surface area contributed by atoms with Gasteiger partial charge in [-0.1, -0.05) is 0 Å². The number of hydrogen-bond acceptors (Lipinski definition) is 3. The number of rotatable bonds is 1. The van der Waals surface area contributed by atoms with E-state index in [1.165, 1.54) is 12.1 Å². The first-order valence-electron chi connectivity index (χ1n) is 3.41. The number of benzene rings is 1. The van der Waals surface area contributed by atoms with E-state index in [4.69, 9.17) is 10.9 Å². The van der Waals surface area contributed by atoms with Gasteiger partial charge < -0.3 is 5.73 Å². The van der Waals surface area contributed by atoms with E-state index in [-0.39, 0.29) is 4.90 Å². The highest BCUT2D eigenvalue weighted by Crippen LogP contribution is 2.22. The van der Waals surface area contributed by atoms with E-state index in [2.05, 4.69) is 0 Å². The minimum Gasteiger partial charge on any atom is -0.398 e. The van der Waals surface area contributed by atoms with Crippen LogP contribution >= 0.6 is 22.6 Å². The van der Waals surface area contributed by atoms with Crippen molar-refractivity contribution in [2.45, 2.75) is 11.8 Å². The van der Waals surface area contributed by atoms with Crippen molar-refractivity contribution in [3.63, 3.8) is 0 Å². The molecule has 0 atom stereocenters. The van der Waals surface area contributed by atoms with E-state index in [0.29, 0.717) is 9.26 Å². The molecule has 1 aromatic rings. The maximum atomic E-state index is 11.0. The van der Waals surface area contributed by atoms with Crippen LogP contribution in [-0.2, 0) is 10.0 Å². The van der Waals surface area contributed by atoms with Gasteiger partial charge in [0.15, 0.2) is 0 Å². The molecule has 0 aliphatic carbocycles. The maximum absolute atomic E-state index is 11.0. The van der Waals surface area contributed by atoms with Crippen molar-refractivity contribution in [2.75, 3.05) is 5.73 Å². The molecular formula is C7H9IN2O2S. The molecule has 0 aromatic heterocycles. The lowest BCUT2D eigenvalue weighted by Gasteiger charge is -2.05. The molecule has 1 rings (SSSR count). The molecule has 0 bridgehead atoms.